The van der Waals surface area contributed by atoms with Gasteiger partial charge in [0.05, 0.1) is 25.0 Å². The number of hydrogen-bond donors (Lipinski definition) is 0. The summed E-state index contributed by atoms with van der Waals surface area (Å²) in [5.74, 6) is 0.722. The molecule has 1 atom stereocenters. The molecule has 1 aromatic heterocycles. The van der Waals surface area contributed by atoms with E-state index in [-0.39, 0.29) is 12.2 Å². The number of pyridine rings is 1. The van der Waals surface area contributed by atoms with Gasteiger partial charge in [0.2, 0.25) is 0 Å². The van der Waals surface area contributed by atoms with Crippen LogP contribution >= 0.6 is 11.6 Å². The third-order valence-electron chi connectivity index (χ3n) is 5.29. The molecule has 2 aliphatic rings. The van der Waals surface area contributed by atoms with Gasteiger partial charge in [-0.3, -0.25) is 0 Å². The Bertz CT molecular complexity index is 758. The minimum absolute atomic E-state index is 0.135. The molecule has 0 bridgehead atoms. The Morgan fingerprint density at radius 1 is 1.19 bits per heavy atom. The van der Waals surface area contributed by atoms with E-state index >= 15 is 0 Å². The molecule has 1 saturated carbocycles. The molecule has 0 amide bonds. The SMILES string of the molecule is CO[C@@]1(c2cc(OC3CC(OCc4ccccc4)C3)cc(Cl)n2)CCOC1. The first-order chi connectivity index (χ1) is 13.2. The summed E-state index contributed by atoms with van der Waals surface area (Å²) in [6.45, 7) is 1.77. The van der Waals surface area contributed by atoms with E-state index in [4.69, 9.17) is 30.5 Å². The maximum absolute atomic E-state index is 6.23. The van der Waals surface area contributed by atoms with Crippen LogP contribution < -0.4 is 4.74 Å². The van der Waals surface area contributed by atoms with Crippen LogP contribution in [0.1, 0.15) is 30.5 Å². The van der Waals surface area contributed by atoms with Gasteiger partial charge in [-0.05, 0) is 5.56 Å². The first-order valence-corrected chi connectivity index (χ1v) is 9.68. The van der Waals surface area contributed by atoms with Gasteiger partial charge in [-0.25, -0.2) is 4.98 Å². The number of ether oxygens (including phenoxy) is 4. The topological polar surface area (TPSA) is 49.8 Å². The molecule has 1 aliphatic carbocycles. The van der Waals surface area contributed by atoms with Gasteiger partial charge in [-0.1, -0.05) is 41.9 Å². The van der Waals surface area contributed by atoms with Crippen LogP contribution in [0.25, 0.3) is 0 Å². The summed E-state index contributed by atoms with van der Waals surface area (Å²) in [5, 5.41) is 0.405. The average Bonchev–Trinajstić information content (AvgIpc) is 3.14. The second-order valence-electron chi connectivity index (χ2n) is 7.14. The van der Waals surface area contributed by atoms with Gasteiger partial charge in [-0.2, -0.15) is 0 Å². The fourth-order valence-corrected chi connectivity index (χ4v) is 3.72. The van der Waals surface area contributed by atoms with Gasteiger partial charge in [0.25, 0.3) is 0 Å². The summed E-state index contributed by atoms with van der Waals surface area (Å²) in [6.07, 6.45) is 2.88. The first-order valence-electron chi connectivity index (χ1n) is 9.30. The van der Waals surface area contributed by atoms with Crippen LogP contribution in [0, 0.1) is 0 Å². The van der Waals surface area contributed by atoms with Crippen molar-refractivity contribution in [1.82, 2.24) is 4.98 Å². The highest BCUT2D eigenvalue weighted by Gasteiger charge is 2.39. The summed E-state index contributed by atoms with van der Waals surface area (Å²) < 4.78 is 23.3. The van der Waals surface area contributed by atoms with Crippen molar-refractivity contribution in [2.24, 2.45) is 0 Å². The van der Waals surface area contributed by atoms with E-state index in [0.29, 0.717) is 25.0 Å². The van der Waals surface area contributed by atoms with Crippen LogP contribution in [0.5, 0.6) is 5.75 Å². The second-order valence-corrected chi connectivity index (χ2v) is 7.53. The van der Waals surface area contributed by atoms with Crippen molar-refractivity contribution in [2.45, 2.75) is 43.7 Å². The summed E-state index contributed by atoms with van der Waals surface area (Å²) in [4.78, 5) is 4.44. The molecule has 1 aromatic carbocycles. The molecule has 1 saturated heterocycles. The molecule has 0 unspecified atom stereocenters. The Labute approximate surface area is 164 Å². The lowest BCUT2D eigenvalue weighted by atomic mass is 9.91. The maximum atomic E-state index is 6.23. The third kappa shape index (κ3) is 4.27. The Morgan fingerprint density at radius 2 is 2.00 bits per heavy atom. The second kappa shape index (κ2) is 8.15. The van der Waals surface area contributed by atoms with Gasteiger partial charge in [-0.15, -0.1) is 0 Å². The number of nitrogens with zero attached hydrogens (tertiary/aromatic N) is 1. The highest BCUT2D eigenvalue weighted by Crippen LogP contribution is 2.36. The molecular formula is C21H24ClNO4. The van der Waals surface area contributed by atoms with Gasteiger partial charge in [0.15, 0.2) is 0 Å². The quantitative estimate of drug-likeness (QED) is 0.666. The van der Waals surface area contributed by atoms with Crippen molar-refractivity contribution in [1.29, 1.82) is 0 Å². The Morgan fingerprint density at radius 3 is 2.70 bits per heavy atom. The van der Waals surface area contributed by atoms with Gasteiger partial charge >= 0.3 is 0 Å². The molecular weight excluding hydrogens is 366 g/mol. The zero-order valence-electron chi connectivity index (χ0n) is 15.4. The normalized spacial score (nSPS) is 27.3. The van der Waals surface area contributed by atoms with Gasteiger partial charge < -0.3 is 18.9 Å². The molecule has 2 fully saturated rings. The molecule has 5 nitrogen and oxygen atoms in total. The Kier molecular flexibility index (Phi) is 5.64. The van der Waals surface area contributed by atoms with E-state index in [1.165, 1.54) is 5.56 Å². The van der Waals surface area contributed by atoms with Crippen LogP contribution in [0.15, 0.2) is 42.5 Å². The minimum atomic E-state index is -0.538. The standard InChI is InChI=1S/C21H24ClNO4/c1-24-21(7-8-25-14-21)19-11-18(12-20(22)23-19)27-17-9-16(10-17)26-13-15-5-3-2-4-6-15/h2-6,11-12,16-17H,7-10,13-14H2,1H3/t16?,17?,21-/m0/s1. The van der Waals surface area contributed by atoms with E-state index in [2.05, 4.69) is 17.1 Å². The largest absolute Gasteiger partial charge is 0.490 e. The number of rotatable bonds is 7. The molecule has 0 radical (unpaired) electrons. The number of benzene rings is 1. The fraction of sp³-hybridized carbons (Fsp3) is 0.476. The van der Waals surface area contributed by atoms with Crippen LogP contribution in [-0.2, 0) is 26.4 Å². The maximum Gasteiger partial charge on any atom is 0.135 e. The first kappa shape index (κ1) is 18.7. The fourth-order valence-electron chi connectivity index (χ4n) is 3.52. The van der Waals surface area contributed by atoms with E-state index in [0.717, 1.165) is 30.7 Å². The lowest BCUT2D eigenvalue weighted by Crippen LogP contribution is -2.39. The molecule has 4 rings (SSSR count). The Balaban J connectivity index is 1.33. The summed E-state index contributed by atoms with van der Waals surface area (Å²) in [6, 6.07) is 13.9. The molecule has 0 N–H and O–H groups in total. The predicted octanol–water partition coefficient (Wildman–Crippen LogP) is 4.12. The number of halogens is 1. The van der Waals surface area contributed by atoms with Crippen molar-refractivity contribution in [3.05, 3.63) is 58.9 Å². The lowest BCUT2D eigenvalue weighted by molar-refractivity contribution is -0.0686. The minimum Gasteiger partial charge on any atom is -0.490 e. The summed E-state index contributed by atoms with van der Waals surface area (Å²) in [5.41, 5.74) is 1.42. The molecule has 2 heterocycles. The van der Waals surface area contributed by atoms with Crippen LogP contribution in [0.4, 0.5) is 0 Å². The highest BCUT2D eigenvalue weighted by atomic mass is 35.5. The number of aromatic nitrogens is 1. The van der Waals surface area contributed by atoms with E-state index in [1.807, 2.05) is 24.3 Å². The molecule has 2 aromatic rings. The van der Waals surface area contributed by atoms with Gasteiger partial charge in [0.1, 0.15) is 22.6 Å². The number of methoxy groups -OCH3 is 1. The number of hydrogen-bond acceptors (Lipinski definition) is 5. The molecule has 144 valence electrons. The van der Waals surface area contributed by atoms with Gasteiger partial charge in [0, 0.05) is 45.1 Å². The Hall–Kier alpha value is -1.66. The van der Waals surface area contributed by atoms with Crippen molar-refractivity contribution < 1.29 is 18.9 Å². The summed E-state index contributed by atoms with van der Waals surface area (Å²) >= 11 is 6.23. The monoisotopic (exact) mass is 389 g/mol. The highest BCUT2D eigenvalue weighted by molar-refractivity contribution is 6.29. The van der Waals surface area contributed by atoms with Crippen molar-refractivity contribution in [2.75, 3.05) is 20.3 Å². The average molecular weight is 390 g/mol. The van der Waals surface area contributed by atoms with E-state index in [1.54, 1.807) is 13.2 Å². The zero-order valence-corrected chi connectivity index (χ0v) is 16.2. The zero-order chi connectivity index (χ0) is 18.7. The van der Waals surface area contributed by atoms with E-state index < -0.39 is 5.60 Å². The lowest BCUT2D eigenvalue weighted by Gasteiger charge is -2.35. The molecule has 0 spiro atoms. The van der Waals surface area contributed by atoms with E-state index in [9.17, 15) is 0 Å². The van der Waals surface area contributed by atoms with Crippen molar-refractivity contribution >= 4 is 11.6 Å². The smallest absolute Gasteiger partial charge is 0.135 e. The summed E-state index contributed by atoms with van der Waals surface area (Å²) in [7, 11) is 1.68. The van der Waals surface area contributed by atoms with Crippen LogP contribution in [0.2, 0.25) is 5.15 Å². The molecule has 27 heavy (non-hydrogen) atoms. The van der Waals surface area contributed by atoms with Crippen molar-refractivity contribution in [3.63, 3.8) is 0 Å². The van der Waals surface area contributed by atoms with Crippen LogP contribution in [0.3, 0.4) is 0 Å². The van der Waals surface area contributed by atoms with Crippen molar-refractivity contribution in [3.8, 4) is 5.75 Å². The van der Waals surface area contributed by atoms with Crippen LogP contribution in [-0.4, -0.2) is 37.5 Å². The molecule has 1 aliphatic heterocycles. The predicted molar refractivity (Wildman–Crippen MR) is 102 cm³/mol. The molecule has 6 heteroatoms. The third-order valence-corrected chi connectivity index (χ3v) is 5.49.